The fourth-order valence-corrected chi connectivity index (χ4v) is 1.99. The average Bonchev–Trinajstić information content (AvgIpc) is 2.37. The molecule has 0 bridgehead atoms. The Labute approximate surface area is 126 Å². The Balaban J connectivity index is 2.51. The van der Waals surface area contributed by atoms with Crippen LogP contribution in [0, 0.1) is 11.2 Å². The number of anilines is 2. The predicted molar refractivity (Wildman–Crippen MR) is 85.6 cm³/mol. The summed E-state index contributed by atoms with van der Waals surface area (Å²) < 4.78 is 12.9. The fourth-order valence-electron chi connectivity index (χ4n) is 1.99. The summed E-state index contributed by atoms with van der Waals surface area (Å²) in [5.74, 6) is -0.537. The second-order valence-corrected chi connectivity index (χ2v) is 6.55. The van der Waals surface area contributed by atoms with Crippen molar-refractivity contribution in [3.8, 4) is 0 Å². The quantitative estimate of drug-likeness (QED) is 0.821. The fraction of sp³-hybridized carbons (Fsp3) is 0.562. The highest BCUT2D eigenvalue weighted by atomic mass is 19.1. The number of hydrogen-bond acceptors (Lipinski definition) is 3. The number of nitrogen functional groups attached to an aromatic ring is 1. The zero-order valence-corrected chi connectivity index (χ0v) is 13.5. The first-order chi connectivity index (χ1) is 9.61. The van der Waals surface area contributed by atoms with Crippen molar-refractivity contribution in [3.05, 3.63) is 24.0 Å². The SMILES string of the molecule is CC(N(C)CCC(=O)Nc1ccc(F)cc1N)C(C)(C)C. The summed E-state index contributed by atoms with van der Waals surface area (Å²) in [6.07, 6.45) is 0.369. The highest BCUT2D eigenvalue weighted by Crippen LogP contribution is 2.23. The molecule has 1 amide bonds. The Hall–Kier alpha value is -1.62. The summed E-state index contributed by atoms with van der Waals surface area (Å²) in [4.78, 5) is 14.1. The number of nitrogens with one attached hydrogen (secondary N) is 1. The van der Waals surface area contributed by atoms with Gasteiger partial charge in [0.2, 0.25) is 5.91 Å². The van der Waals surface area contributed by atoms with E-state index in [-0.39, 0.29) is 17.0 Å². The van der Waals surface area contributed by atoms with Crippen LogP contribution in [0.3, 0.4) is 0 Å². The molecule has 0 saturated carbocycles. The maximum Gasteiger partial charge on any atom is 0.225 e. The van der Waals surface area contributed by atoms with Gasteiger partial charge in [-0.15, -0.1) is 0 Å². The average molecular weight is 295 g/mol. The van der Waals surface area contributed by atoms with Crippen molar-refractivity contribution in [2.75, 3.05) is 24.6 Å². The maximum atomic E-state index is 12.9. The Morgan fingerprint density at radius 1 is 1.43 bits per heavy atom. The van der Waals surface area contributed by atoms with Crippen LogP contribution in [0.25, 0.3) is 0 Å². The number of rotatable bonds is 5. The third kappa shape index (κ3) is 5.34. The summed E-state index contributed by atoms with van der Waals surface area (Å²) in [6, 6.07) is 4.31. The van der Waals surface area contributed by atoms with Crippen molar-refractivity contribution in [2.45, 2.75) is 40.2 Å². The van der Waals surface area contributed by atoms with Crippen molar-refractivity contribution in [3.63, 3.8) is 0 Å². The highest BCUT2D eigenvalue weighted by molar-refractivity contribution is 5.93. The third-order valence-electron chi connectivity index (χ3n) is 3.89. The highest BCUT2D eigenvalue weighted by Gasteiger charge is 2.23. The van der Waals surface area contributed by atoms with E-state index in [1.807, 2.05) is 7.05 Å². The first kappa shape index (κ1) is 17.4. The number of halogens is 1. The molecular formula is C16H26FN3O. The lowest BCUT2D eigenvalue weighted by atomic mass is 9.87. The summed E-state index contributed by atoms with van der Waals surface area (Å²) in [7, 11) is 2.01. The molecule has 0 aliphatic rings. The normalized spacial score (nSPS) is 13.3. The van der Waals surface area contributed by atoms with Gasteiger partial charge in [-0.2, -0.15) is 0 Å². The number of hydrogen-bond donors (Lipinski definition) is 2. The Morgan fingerprint density at radius 2 is 2.05 bits per heavy atom. The molecule has 1 unspecified atom stereocenters. The lowest BCUT2D eigenvalue weighted by Crippen LogP contribution is -2.40. The van der Waals surface area contributed by atoms with E-state index in [2.05, 4.69) is 37.9 Å². The van der Waals surface area contributed by atoms with E-state index in [1.54, 1.807) is 0 Å². The number of amides is 1. The predicted octanol–water partition coefficient (Wildman–Crippen LogP) is 3.10. The lowest BCUT2D eigenvalue weighted by Gasteiger charge is -2.35. The van der Waals surface area contributed by atoms with E-state index in [9.17, 15) is 9.18 Å². The number of benzene rings is 1. The molecule has 0 aliphatic heterocycles. The molecule has 0 heterocycles. The minimum atomic E-state index is -0.413. The molecule has 1 aromatic rings. The van der Waals surface area contributed by atoms with E-state index in [0.29, 0.717) is 24.7 Å². The minimum absolute atomic E-state index is 0.124. The van der Waals surface area contributed by atoms with Crippen LogP contribution in [-0.4, -0.2) is 30.4 Å². The molecule has 1 aromatic carbocycles. The van der Waals surface area contributed by atoms with Crippen molar-refractivity contribution in [1.82, 2.24) is 4.90 Å². The molecule has 0 aliphatic carbocycles. The van der Waals surface area contributed by atoms with Gasteiger partial charge in [-0.25, -0.2) is 4.39 Å². The molecule has 0 spiro atoms. The molecule has 4 nitrogen and oxygen atoms in total. The Kier molecular flexibility index (Phi) is 5.72. The molecule has 3 N–H and O–H groups in total. The molecule has 21 heavy (non-hydrogen) atoms. The largest absolute Gasteiger partial charge is 0.397 e. The van der Waals surface area contributed by atoms with E-state index >= 15 is 0 Å². The van der Waals surface area contributed by atoms with E-state index in [0.717, 1.165) is 0 Å². The van der Waals surface area contributed by atoms with Gasteiger partial charge in [0, 0.05) is 19.0 Å². The standard InChI is InChI=1S/C16H26FN3O/c1-11(16(2,3)4)20(5)9-8-15(21)19-14-7-6-12(17)10-13(14)18/h6-7,10-11H,8-9,18H2,1-5H3,(H,19,21). The second kappa shape index (κ2) is 6.89. The Morgan fingerprint density at radius 3 is 2.57 bits per heavy atom. The van der Waals surface area contributed by atoms with E-state index in [1.165, 1.54) is 18.2 Å². The van der Waals surface area contributed by atoms with Gasteiger partial charge in [0.1, 0.15) is 5.82 Å². The van der Waals surface area contributed by atoms with Crippen molar-refractivity contribution < 1.29 is 9.18 Å². The maximum absolute atomic E-state index is 12.9. The molecule has 1 rings (SSSR count). The zero-order valence-electron chi connectivity index (χ0n) is 13.5. The number of carbonyl (C=O) groups is 1. The van der Waals surface area contributed by atoms with Crippen molar-refractivity contribution >= 4 is 17.3 Å². The van der Waals surface area contributed by atoms with Gasteiger partial charge < -0.3 is 16.0 Å². The van der Waals surface area contributed by atoms with Crippen LogP contribution in [0.1, 0.15) is 34.1 Å². The number of nitrogens with two attached hydrogens (primary N) is 1. The van der Waals surface area contributed by atoms with Crippen LogP contribution in [0.5, 0.6) is 0 Å². The molecule has 0 saturated heterocycles. The topological polar surface area (TPSA) is 58.4 Å². The van der Waals surface area contributed by atoms with Crippen LogP contribution in [0.15, 0.2) is 18.2 Å². The molecule has 5 heteroatoms. The molecule has 0 fully saturated rings. The lowest BCUT2D eigenvalue weighted by molar-refractivity contribution is -0.116. The zero-order chi connectivity index (χ0) is 16.2. The first-order valence-electron chi connectivity index (χ1n) is 7.16. The molecule has 0 aromatic heterocycles. The van der Waals surface area contributed by atoms with Crippen molar-refractivity contribution in [2.24, 2.45) is 5.41 Å². The number of carbonyl (C=O) groups excluding carboxylic acids is 1. The summed E-state index contributed by atoms with van der Waals surface area (Å²) in [5.41, 5.74) is 6.51. The van der Waals surface area contributed by atoms with Crippen LogP contribution in [0.2, 0.25) is 0 Å². The molecule has 1 atom stereocenters. The van der Waals surface area contributed by atoms with Crippen LogP contribution in [0.4, 0.5) is 15.8 Å². The van der Waals surface area contributed by atoms with Crippen LogP contribution in [-0.2, 0) is 4.79 Å². The van der Waals surface area contributed by atoms with Crippen LogP contribution >= 0.6 is 0 Å². The summed E-state index contributed by atoms with van der Waals surface area (Å²) in [6.45, 7) is 9.33. The molecule has 118 valence electrons. The summed E-state index contributed by atoms with van der Waals surface area (Å²) >= 11 is 0. The van der Waals surface area contributed by atoms with Gasteiger partial charge in [0.15, 0.2) is 0 Å². The van der Waals surface area contributed by atoms with Gasteiger partial charge >= 0.3 is 0 Å². The molecular weight excluding hydrogens is 269 g/mol. The van der Waals surface area contributed by atoms with Crippen molar-refractivity contribution in [1.29, 1.82) is 0 Å². The second-order valence-electron chi connectivity index (χ2n) is 6.55. The first-order valence-corrected chi connectivity index (χ1v) is 7.16. The van der Waals surface area contributed by atoms with Gasteiger partial charge in [0.25, 0.3) is 0 Å². The smallest absolute Gasteiger partial charge is 0.225 e. The minimum Gasteiger partial charge on any atom is -0.397 e. The van der Waals surface area contributed by atoms with Crippen LogP contribution < -0.4 is 11.1 Å². The monoisotopic (exact) mass is 295 g/mol. The Bertz CT molecular complexity index is 497. The number of nitrogens with zero attached hydrogens (tertiary/aromatic N) is 1. The molecule has 0 radical (unpaired) electrons. The summed E-state index contributed by atoms with van der Waals surface area (Å²) in [5, 5.41) is 2.71. The van der Waals surface area contributed by atoms with E-state index < -0.39 is 5.82 Å². The van der Waals surface area contributed by atoms with Gasteiger partial charge in [-0.05, 0) is 37.6 Å². The third-order valence-corrected chi connectivity index (χ3v) is 3.89. The van der Waals surface area contributed by atoms with Gasteiger partial charge in [-0.3, -0.25) is 4.79 Å². The van der Waals surface area contributed by atoms with E-state index in [4.69, 9.17) is 5.73 Å². The van der Waals surface area contributed by atoms with Gasteiger partial charge in [0.05, 0.1) is 11.4 Å². The van der Waals surface area contributed by atoms with Gasteiger partial charge in [-0.1, -0.05) is 20.8 Å².